The van der Waals surface area contributed by atoms with Gasteiger partial charge in [0.15, 0.2) is 0 Å². The van der Waals surface area contributed by atoms with Gasteiger partial charge in [0, 0.05) is 32.3 Å². The van der Waals surface area contributed by atoms with E-state index in [2.05, 4.69) is 0 Å². The van der Waals surface area contributed by atoms with Crippen LogP contribution in [0.25, 0.3) is 6.08 Å². The van der Waals surface area contributed by atoms with E-state index in [9.17, 15) is 9.59 Å². The number of carbonyl (C=O) groups excluding carboxylic acids is 2. The van der Waals surface area contributed by atoms with Gasteiger partial charge in [-0.2, -0.15) is 0 Å². The molecule has 1 aliphatic heterocycles. The molecule has 0 aromatic carbocycles. The summed E-state index contributed by atoms with van der Waals surface area (Å²) in [6.45, 7) is 2.07. The lowest BCUT2D eigenvalue weighted by Gasteiger charge is -2.34. The van der Waals surface area contributed by atoms with Crippen LogP contribution in [0.2, 0.25) is 0 Å². The standard InChI is InChI=1S/C16H16N2O4/c19-15(4-3-14-2-1-10-22-14)17-6-8-18(9-7-17)16(20)13-5-11-21-12-13/h1-5,10-12H,6-9H2/b4-3+. The maximum absolute atomic E-state index is 12.2. The molecule has 1 saturated heterocycles. The van der Waals surface area contributed by atoms with Gasteiger partial charge in [0.25, 0.3) is 5.91 Å². The monoisotopic (exact) mass is 300 g/mol. The Morgan fingerprint density at radius 1 is 1.05 bits per heavy atom. The molecular weight excluding hydrogens is 284 g/mol. The second-order valence-electron chi connectivity index (χ2n) is 4.98. The van der Waals surface area contributed by atoms with Crippen molar-refractivity contribution in [1.82, 2.24) is 9.80 Å². The predicted molar refractivity (Wildman–Crippen MR) is 78.9 cm³/mol. The van der Waals surface area contributed by atoms with Crippen LogP contribution in [-0.2, 0) is 4.79 Å². The number of piperazine rings is 1. The molecule has 1 fully saturated rings. The highest BCUT2D eigenvalue weighted by Gasteiger charge is 2.24. The van der Waals surface area contributed by atoms with E-state index < -0.39 is 0 Å². The molecule has 22 heavy (non-hydrogen) atoms. The molecule has 0 saturated carbocycles. The smallest absolute Gasteiger partial charge is 0.257 e. The molecule has 3 rings (SSSR count). The van der Waals surface area contributed by atoms with E-state index in [1.807, 2.05) is 0 Å². The van der Waals surface area contributed by atoms with Gasteiger partial charge in [-0.05, 0) is 24.3 Å². The maximum atomic E-state index is 12.2. The Bertz CT molecular complexity index is 650. The minimum atomic E-state index is -0.0770. The summed E-state index contributed by atoms with van der Waals surface area (Å²) in [6.07, 6.45) is 7.61. The molecule has 114 valence electrons. The zero-order chi connectivity index (χ0) is 15.4. The average Bonchev–Trinajstić information content (AvgIpc) is 3.25. The number of furan rings is 2. The van der Waals surface area contributed by atoms with E-state index >= 15 is 0 Å². The number of hydrogen-bond acceptors (Lipinski definition) is 4. The zero-order valence-corrected chi connectivity index (χ0v) is 12.0. The molecular formula is C16H16N2O4. The highest BCUT2D eigenvalue weighted by atomic mass is 16.3. The van der Waals surface area contributed by atoms with Gasteiger partial charge >= 0.3 is 0 Å². The van der Waals surface area contributed by atoms with Crippen molar-refractivity contribution in [3.63, 3.8) is 0 Å². The Hall–Kier alpha value is -2.76. The number of nitrogens with zero attached hydrogens (tertiary/aromatic N) is 2. The van der Waals surface area contributed by atoms with Gasteiger partial charge < -0.3 is 18.6 Å². The molecule has 2 aromatic heterocycles. The fourth-order valence-corrected chi connectivity index (χ4v) is 2.34. The molecule has 0 radical (unpaired) electrons. The lowest BCUT2D eigenvalue weighted by atomic mass is 10.2. The second kappa shape index (κ2) is 6.34. The first-order chi connectivity index (χ1) is 10.7. The largest absolute Gasteiger partial charge is 0.472 e. The topological polar surface area (TPSA) is 66.9 Å². The fourth-order valence-electron chi connectivity index (χ4n) is 2.34. The molecule has 6 heteroatoms. The first kappa shape index (κ1) is 14.2. The predicted octanol–water partition coefficient (Wildman–Crippen LogP) is 1.87. The summed E-state index contributed by atoms with van der Waals surface area (Å²) in [5.74, 6) is 0.501. The Labute approximate surface area is 127 Å². The molecule has 0 atom stereocenters. The first-order valence-corrected chi connectivity index (χ1v) is 7.06. The summed E-state index contributed by atoms with van der Waals surface area (Å²) in [5.41, 5.74) is 0.539. The van der Waals surface area contributed by atoms with Crippen LogP contribution in [0.5, 0.6) is 0 Å². The molecule has 0 bridgehead atoms. The summed E-state index contributed by atoms with van der Waals surface area (Å²) in [5, 5.41) is 0. The van der Waals surface area contributed by atoms with Crippen molar-refractivity contribution in [2.75, 3.05) is 26.2 Å². The molecule has 0 spiro atoms. The molecule has 2 amide bonds. The third-order valence-electron chi connectivity index (χ3n) is 3.58. The molecule has 0 aliphatic carbocycles. The summed E-state index contributed by atoms with van der Waals surface area (Å²) < 4.78 is 10.1. The summed E-state index contributed by atoms with van der Waals surface area (Å²) >= 11 is 0. The molecule has 6 nitrogen and oxygen atoms in total. The van der Waals surface area contributed by atoms with Crippen molar-refractivity contribution in [1.29, 1.82) is 0 Å². The van der Waals surface area contributed by atoms with Crippen molar-refractivity contribution in [2.45, 2.75) is 0 Å². The van der Waals surface area contributed by atoms with Crippen LogP contribution in [-0.4, -0.2) is 47.8 Å². The number of amides is 2. The Morgan fingerprint density at radius 2 is 1.82 bits per heavy atom. The van der Waals surface area contributed by atoms with Crippen LogP contribution >= 0.6 is 0 Å². The van der Waals surface area contributed by atoms with Gasteiger partial charge in [-0.3, -0.25) is 9.59 Å². The average molecular weight is 300 g/mol. The lowest BCUT2D eigenvalue weighted by Crippen LogP contribution is -2.50. The molecule has 3 heterocycles. The van der Waals surface area contributed by atoms with Gasteiger partial charge in [0.1, 0.15) is 12.0 Å². The number of carbonyl (C=O) groups is 2. The maximum Gasteiger partial charge on any atom is 0.257 e. The molecule has 2 aromatic rings. The van der Waals surface area contributed by atoms with E-state index in [0.29, 0.717) is 37.5 Å². The Balaban J connectivity index is 1.53. The number of hydrogen-bond donors (Lipinski definition) is 0. The van der Waals surface area contributed by atoms with Crippen LogP contribution in [0, 0.1) is 0 Å². The first-order valence-electron chi connectivity index (χ1n) is 7.06. The third-order valence-corrected chi connectivity index (χ3v) is 3.58. The SMILES string of the molecule is O=C(/C=C/c1ccco1)N1CCN(C(=O)c2ccoc2)CC1. The van der Waals surface area contributed by atoms with Crippen molar-refractivity contribution in [2.24, 2.45) is 0 Å². The van der Waals surface area contributed by atoms with E-state index in [4.69, 9.17) is 8.83 Å². The van der Waals surface area contributed by atoms with Gasteiger partial charge in [-0.15, -0.1) is 0 Å². The van der Waals surface area contributed by atoms with Crippen LogP contribution in [0.15, 0.2) is 51.9 Å². The van der Waals surface area contributed by atoms with E-state index in [1.165, 1.54) is 18.6 Å². The van der Waals surface area contributed by atoms with Crippen molar-refractivity contribution in [3.8, 4) is 0 Å². The summed E-state index contributed by atoms with van der Waals surface area (Å²) in [4.78, 5) is 27.7. The summed E-state index contributed by atoms with van der Waals surface area (Å²) in [7, 11) is 0. The Morgan fingerprint density at radius 3 is 2.45 bits per heavy atom. The van der Waals surface area contributed by atoms with Gasteiger partial charge in [0.05, 0.1) is 18.1 Å². The van der Waals surface area contributed by atoms with Gasteiger partial charge in [-0.25, -0.2) is 0 Å². The van der Waals surface area contributed by atoms with Crippen LogP contribution in [0.1, 0.15) is 16.1 Å². The van der Waals surface area contributed by atoms with Crippen molar-refractivity contribution in [3.05, 3.63) is 54.4 Å². The van der Waals surface area contributed by atoms with Crippen LogP contribution in [0.4, 0.5) is 0 Å². The van der Waals surface area contributed by atoms with E-state index in [0.717, 1.165) is 0 Å². The summed E-state index contributed by atoms with van der Waals surface area (Å²) in [6, 6.07) is 5.20. The van der Waals surface area contributed by atoms with Gasteiger partial charge in [-0.1, -0.05) is 0 Å². The zero-order valence-electron chi connectivity index (χ0n) is 12.0. The minimum absolute atomic E-state index is 0.0630. The highest BCUT2D eigenvalue weighted by molar-refractivity contribution is 5.94. The van der Waals surface area contributed by atoms with Crippen LogP contribution in [0.3, 0.4) is 0 Å². The quantitative estimate of drug-likeness (QED) is 0.812. The van der Waals surface area contributed by atoms with E-state index in [1.54, 1.807) is 40.3 Å². The van der Waals surface area contributed by atoms with Crippen molar-refractivity contribution >= 4 is 17.9 Å². The van der Waals surface area contributed by atoms with Crippen LogP contribution < -0.4 is 0 Å². The third kappa shape index (κ3) is 3.11. The Kier molecular flexibility index (Phi) is 4.09. The highest BCUT2D eigenvalue weighted by Crippen LogP contribution is 2.10. The fraction of sp³-hybridized carbons (Fsp3) is 0.250. The lowest BCUT2D eigenvalue weighted by molar-refractivity contribution is -0.127. The second-order valence-corrected chi connectivity index (χ2v) is 4.98. The normalized spacial score (nSPS) is 15.5. The molecule has 0 N–H and O–H groups in total. The molecule has 1 aliphatic rings. The molecule has 0 unspecified atom stereocenters. The van der Waals surface area contributed by atoms with E-state index in [-0.39, 0.29) is 11.8 Å². The number of rotatable bonds is 3. The van der Waals surface area contributed by atoms with Crippen molar-refractivity contribution < 1.29 is 18.4 Å². The minimum Gasteiger partial charge on any atom is -0.472 e. The van der Waals surface area contributed by atoms with Gasteiger partial charge in [0.2, 0.25) is 5.91 Å².